The Morgan fingerprint density at radius 1 is 1.58 bits per heavy atom. The Hall–Kier alpha value is -0.650. The van der Waals surface area contributed by atoms with Crippen molar-refractivity contribution in [3.8, 4) is 0 Å². The molecule has 1 atom stereocenters. The Morgan fingerprint density at radius 3 is 2.79 bits per heavy atom. The molecule has 1 fully saturated rings. The fourth-order valence-corrected chi connectivity index (χ4v) is 2.98. The van der Waals surface area contributed by atoms with Crippen LogP contribution in [-0.4, -0.2) is 35.6 Å². The molecule has 0 amide bonds. The zero-order chi connectivity index (χ0) is 14.0. The van der Waals surface area contributed by atoms with Crippen LogP contribution in [0.4, 0.5) is 5.69 Å². The first kappa shape index (κ1) is 14.8. The van der Waals surface area contributed by atoms with Crippen molar-refractivity contribution in [2.24, 2.45) is 5.73 Å². The zero-order valence-corrected chi connectivity index (χ0v) is 13.7. The van der Waals surface area contributed by atoms with E-state index in [2.05, 4.69) is 40.1 Å². The summed E-state index contributed by atoms with van der Waals surface area (Å²) in [4.78, 5) is 2.87. The van der Waals surface area contributed by atoms with E-state index in [1.54, 1.807) is 0 Å². The molecule has 0 radical (unpaired) electrons. The lowest BCUT2D eigenvalue weighted by molar-refractivity contribution is 0.257. The lowest BCUT2D eigenvalue weighted by atomic mass is 10.2. The van der Waals surface area contributed by atoms with Gasteiger partial charge in [0.25, 0.3) is 0 Å². The second-order valence-electron chi connectivity index (χ2n) is 5.19. The molecule has 19 heavy (non-hydrogen) atoms. The van der Waals surface area contributed by atoms with Gasteiger partial charge in [-0.15, -0.1) is 0 Å². The Bertz CT molecular complexity index is 474. The van der Waals surface area contributed by atoms with Gasteiger partial charge in [0.2, 0.25) is 0 Å². The summed E-state index contributed by atoms with van der Waals surface area (Å²) in [5, 5.41) is 3.46. The molecule has 104 valence electrons. The van der Waals surface area contributed by atoms with E-state index in [1.807, 2.05) is 18.2 Å². The van der Waals surface area contributed by atoms with Gasteiger partial charge in [0.05, 0.1) is 0 Å². The van der Waals surface area contributed by atoms with Crippen molar-refractivity contribution < 1.29 is 0 Å². The number of likely N-dealkylation sites (N-methyl/N-ethyl adjacent to an activating group) is 1. The number of hydrogen-bond acceptors (Lipinski definition) is 3. The van der Waals surface area contributed by atoms with Crippen molar-refractivity contribution >= 4 is 38.8 Å². The van der Waals surface area contributed by atoms with Gasteiger partial charge < -0.3 is 11.1 Å². The third-order valence-electron chi connectivity index (χ3n) is 3.65. The molecule has 1 aliphatic rings. The van der Waals surface area contributed by atoms with Crippen molar-refractivity contribution in [2.45, 2.75) is 31.8 Å². The van der Waals surface area contributed by atoms with Crippen molar-refractivity contribution in [3.63, 3.8) is 0 Å². The average molecular weight is 342 g/mol. The highest BCUT2D eigenvalue weighted by atomic mass is 79.9. The van der Waals surface area contributed by atoms with E-state index in [-0.39, 0.29) is 0 Å². The molecule has 5 heteroatoms. The molecular weight excluding hydrogens is 322 g/mol. The number of thiocarbonyl (C=S) groups is 1. The van der Waals surface area contributed by atoms with E-state index in [9.17, 15) is 0 Å². The summed E-state index contributed by atoms with van der Waals surface area (Å²) in [6, 6.07) is 7.31. The van der Waals surface area contributed by atoms with Crippen molar-refractivity contribution in [1.82, 2.24) is 4.90 Å². The van der Waals surface area contributed by atoms with Gasteiger partial charge in [-0.2, -0.15) is 0 Å². The molecule has 0 saturated heterocycles. The number of nitrogens with one attached hydrogen (secondary N) is 1. The third-order valence-corrected chi connectivity index (χ3v) is 4.53. The zero-order valence-electron chi connectivity index (χ0n) is 11.3. The maximum absolute atomic E-state index is 5.64. The summed E-state index contributed by atoms with van der Waals surface area (Å²) < 4.78 is 0.938. The van der Waals surface area contributed by atoms with E-state index >= 15 is 0 Å². The van der Waals surface area contributed by atoms with Gasteiger partial charge in [0, 0.05) is 34.4 Å². The second kappa shape index (κ2) is 6.20. The van der Waals surface area contributed by atoms with E-state index in [4.69, 9.17) is 18.0 Å². The van der Waals surface area contributed by atoms with Gasteiger partial charge in [-0.1, -0.05) is 12.2 Å². The van der Waals surface area contributed by atoms with Crippen LogP contribution in [0.5, 0.6) is 0 Å². The van der Waals surface area contributed by atoms with Gasteiger partial charge in [-0.3, -0.25) is 4.90 Å². The van der Waals surface area contributed by atoms with Crippen molar-refractivity contribution in [1.29, 1.82) is 0 Å². The number of hydrogen-bond donors (Lipinski definition) is 2. The molecule has 0 bridgehead atoms. The monoisotopic (exact) mass is 341 g/mol. The molecule has 1 unspecified atom stereocenters. The number of halogens is 1. The summed E-state index contributed by atoms with van der Waals surface area (Å²) >= 11 is 8.49. The standard InChI is InChI=1S/C14H20BrN3S/c1-9(18(2)11-4-5-11)8-17-10-3-6-12(14(16)19)13(15)7-10/h3,6-7,9,11,17H,4-5,8H2,1-2H3,(H2,16,19). The highest BCUT2D eigenvalue weighted by Crippen LogP contribution is 2.27. The Morgan fingerprint density at radius 2 is 2.26 bits per heavy atom. The number of benzene rings is 1. The highest BCUT2D eigenvalue weighted by molar-refractivity contribution is 9.10. The summed E-state index contributed by atoms with van der Waals surface area (Å²) in [6.07, 6.45) is 2.68. The maximum atomic E-state index is 5.64. The van der Waals surface area contributed by atoms with Crippen LogP contribution in [0, 0.1) is 0 Å². The van der Waals surface area contributed by atoms with Crippen LogP contribution >= 0.6 is 28.1 Å². The fourth-order valence-electron chi connectivity index (χ4n) is 2.08. The Balaban J connectivity index is 1.92. The SMILES string of the molecule is CC(CNc1ccc(C(N)=S)c(Br)c1)N(C)C1CC1. The molecular formula is C14H20BrN3S. The predicted molar refractivity (Wildman–Crippen MR) is 88.8 cm³/mol. The predicted octanol–water partition coefficient (Wildman–Crippen LogP) is 2.98. The molecule has 0 aliphatic heterocycles. The molecule has 1 aromatic rings. The van der Waals surface area contributed by atoms with E-state index in [1.165, 1.54) is 12.8 Å². The minimum Gasteiger partial charge on any atom is -0.389 e. The summed E-state index contributed by atoms with van der Waals surface area (Å²) in [7, 11) is 2.20. The topological polar surface area (TPSA) is 41.3 Å². The van der Waals surface area contributed by atoms with Crippen LogP contribution in [-0.2, 0) is 0 Å². The molecule has 2 rings (SSSR count). The lowest BCUT2D eigenvalue weighted by Gasteiger charge is -2.25. The molecule has 1 aliphatic carbocycles. The minimum absolute atomic E-state index is 0.417. The smallest absolute Gasteiger partial charge is 0.105 e. The van der Waals surface area contributed by atoms with Crippen molar-refractivity contribution in [2.75, 3.05) is 18.9 Å². The fraction of sp³-hybridized carbons (Fsp3) is 0.500. The van der Waals surface area contributed by atoms with Gasteiger partial charge >= 0.3 is 0 Å². The quantitative estimate of drug-likeness (QED) is 0.780. The van der Waals surface area contributed by atoms with Crippen LogP contribution in [0.2, 0.25) is 0 Å². The summed E-state index contributed by atoms with van der Waals surface area (Å²) in [6.45, 7) is 3.19. The second-order valence-corrected chi connectivity index (χ2v) is 6.48. The molecule has 3 N–H and O–H groups in total. The molecule has 0 aromatic heterocycles. The molecule has 1 saturated carbocycles. The molecule has 0 heterocycles. The van der Waals surface area contributed by atoms with Crippen LogP contribution in [0.15, 0.2) is 22.7 Å². The average Bonchev–Trinajstić information content (AvgIpc) is 3.18. The van der Waals surface area contributed by atoms with E-state index in [0.717, 1.165) is 28.3 Å². The molecule has 1 aromatic carbocycles. The van der Waals surface area contributed by atoms with Crippen LogP contribution in [0.1, 0.15) is 25.3 Å². The number of nitrogens with two attached hydrogens (primary N) is 1. The first-order valence-electron chi connectivity index (χ1n) is 6.54. The Kier molecular flexibility index (Phi) is 4.81. The number of rotatable bonds is 6. The van der Waals surface area contributed by atoms with Gasteiger partial charge in [-0.05, 0) is 60.9 Å². The minimum atomic E-state index is 0.417. The van der Waals surface area contributed by atoms with E-state index in [0.29, 0.717) is 11.0 Å². The van der Waals surface area contributed by atoms with E-state index < -0.39 is 0 Å². The highest BCUT2D eigenvalue weighted by Gasteiger charge is 2.28. The molecule has 0 spiro atoms. The van der Waals surface area contributed by atoms with Crippen LogP contribution < -0.4 is 11.1 Å². The first-order chi connectivity index (χ1) is 8.99. The van der Waals surface area contributed by atoms with Gasteiger partial charge in [0.1, 0.15) is 4.99 Å². The van der Waals surface area contributed by atoms with Crippen LogP contribution in [0.3, 0.4) is 0 Å². The lowest BCUT2D eigenvalue weighted by Crippen LogP contribution is -2.36. The number of anilines is 1. The maximum Gasteiger partial charge on any atom is 0.105 e. The normalized spacial score (nSPS) is 16.4. The van der Waals surface area contributed by atoms with Crippen LogP contribution in [0.25, 0.3) is 0 Å². The summed E-state index contributed by atoms with van der Waals surface area (Å²) in [5.74, 6) is 0. The largest absolute Gasteiger partial charge is 0.389 e. The van der Waals surface area contributed by atoms with Crippen molar-refractivity contribution in [3.05, 3.63) is 28.2 Å². The van der Waals surface area contributed by atoms with Gasteiger partial charge in [-0.25, -0.2) is 0 Å². The molecule has 3 nitrogen and oxygen atoms in total. The van der Waals surface area contributed by atoms with Gasteiger partial charge in [0.15, 0.2) is 0 Å². The first-order valence-corrected chi connectivity index (χ1v) is 7.74. The Labute approximate surface area is 128 Å². The number of nitrogens with zero attached hydrogens (tertiary/aromatic N) is 1. The third kappa shape index (κ3) is 3.91. The summed E-state index contributed by atoms with van der Waals surface area (Å²) in [5.41, 5.74) is 7.61.